The minimum absolute atomic E-state index is 0.0311. The minimum Gasteiger partial charge on any atom is -0.454 e. The summed E-state index contributed by atoms with van der Waals surface area (Å²) in [5.74, 6) is 0.983. The van der Waals surface area contributed by atoms with Crippen LogP contribution in [0.15, 0.2) is 18.2 Å². The van der Waals surface area contributed by atoms with Crippen molar-refractivity contribution in [1.82, 2.24) is 15.1 Å². The summed E-state index contributed by atoms with van der Waals surface area (Å²) in [7, 11) is 0. The van der Waals surface area contributed by atoms with E-state index in [-0.39, 0.29) is 36.6 Å². The third-order valence-electron chi connectivity index (χ3n) is 5.57. The number of hydrogen-bond acceptors (Lipinski definition) is 6. The smallest absolute Gasteiger partial charge is 0.324 e. The Labute approximate surface area is 162 Å². The first-order chi connectivity index (χ1) is 13.5. The number of imide groups is 1. The minimum atomic E-state index is -0.373. The van der Waals surface area contributed by atoms with Gasteiger partial charge in [0.1, 0.15) is 0 Å². The number of amides is 4. The summed E-state index contributed by atoms with van der Waals surface area (Å²) in [5.41, 5.74) is 0.681. The lowest BCUT2D eigenvalue weighted by Gasteiger charge is -2.35. The van der Waals surface area contributed by atoms with Gasteiger partial charge in [0.05, 0.1) is 6.04 Å². The van der Waals surface area contributed by atoms with E-state index >= 15 is 0 Å². The van der Waals surface area contributed by atoms with Gasteiger partial charge >= 0.3 is 6.03 Å². The number of rotatable bonds is 4. The van der Waals surface area contributed by atoms with Crippen molar-refractivity contribution in [3.63, 3.8) is 0 Å². The number of ether oxygens (including phenoxy) is 2. The summed E-state index contributed by atoms with van der Waals surface area (Å²) >= 11 is 0. The molecule has 28 heavy (non-hydrogen) atoms. The molecule has 9 heteroatoms. The molecule has 0 bridgehead atoms. The highest BCUT2D eigenvalue weighted by atomic mass is 16.7. The predicted octanol–water partition coefficient (Wildman–Crippen LogP) is 1.01. The summed E-state index contributed by atoms with van der Waals surface area (Å²) in [5, 5.41) is 5.58. The molecule has 2 saturated heterocycles. The molecule has 3 heterocycles. The molecule has 4 amide bonds. The zero-order valence-electron chi connectivity index (χ0n) is 15.8. The first-order valence-corrected chi connectivity index (χ1v) is 9.56. The Kier molecular flexibility index (Phi) is 5.08. The fourth-order valence-corrected chi connectivity index (χ4v) is 3.83. The molecule has 9 nitrogen and oxygen atoms in total. The molecule has 150 valence electrons. The number of fused-ring (bicyclic) bond motifs is 1. The molecule has 4 rings (SSSR count). The Morgan fingerprint density at radius 3 is 2.64 bits per heavy atom. The van der Waals surface area contributed by atoms with E-state index in [4.69, 9.17) is 9.47 Å². The maximum Gasteiger partial charge on any atom is 0.324 e. The van der Waals surface area contributed by atoms with E-state index in [0.29, 0.717) is 56.2 Å². The second-order valence-corrected chi connectivity index (χ2v) is 7.27. The first kappa shape index (κ1) is 18.5. The van der Waals surface area contributed by atoms with Crippen molar-refractivity contribution in [2.24, 2.45) is 5.92 Å². The average molecular weight is 388 g/mol. The summed E-state index contributed by atoms with van der Waals surface area (Å²) in [6.07, 6.45) is 1.33. The van der Waals surface area contributed by atoms with Crippen LogP contribution in [-0.4, -0.2) is 66.7 Å². The van der Waals surface area contributed by atoms with Crippen molar-refractivity contribution in [3.05, 3.63) is 18.2 Å². The SMILES string of the molecule is C[C@H](C(=O)N1CCNC1=O)N1CCC(C(=O)Nc2ccc3c(c2)OCO3)CC1. The van der Waals surface area contributed by atoms with Crippen LogP contribution < -0.4 is 20.1 Å². The Morgan fingerprint density at radius 1 is 1.18 bits per heavy atom. The Bertz CT molecular complexity index is 791. The Balaban J connectivity index is 1.29. The van der Waals surface area contributed by atoms with Crippen molar-refractivity contribution < 1.29 is 23.9 Å². The van der Waals surface area contributed by atoms with Gasteiger partial charge in [-0.3, -0.25) is 19.4 Å². The number of nitrogens with one attached hydrogen (secondary N) is 2. The van der Waals surface area contributed by atoms with Gasteiger partial charge in [0.2, 0.25) is 18.6 Å². The van der Waals surface area contributed by atoms with Gasteiger partial charge in [-0.05, 0) is 45.0 Å². The number of benzene rings is 1. The highest BCUT2D eigenvalue weighted by Crippen LogP contribution is 2.34. The molecule has 0 spiro atoms. The van der Waals surface area contributed by atoms with Crippen LogP contribution in [0.25, 0.3) is 0 Å². The number of hydrogen-bond donors (Lipinski definition) is 2. The molecule has 2 N–H and O–H groups in total. The van der Waals surface area contributed by atoms with E-state index in [0.717, 1.165) is 0 Å². The van der Waals surface area contributed by atoms with Gasteiger partial charge in [0, 0.05) is 30.8 Å². The van der Waals surface area contributed by atoms with Gasteiger partial charge in [0.25, 0.3) is 0 Å². The fourth-order valence-electron chi connectivity index (χ4n) is 3.83. The molecule has 0 unspecified atom stereocenters. The molecular formula is C19H24N4O5. The fraction of sp³-hybridized carbons (Fsp3) is 0.526. The number of urea groups is 1. The van der Waals surface area contributed by atoms with E-state index in [2.05, 4.69) is 10.6 Å². The van der Waals surface area contributed by atoms with Crippen LogP contribution in [0.5, 0.6) is 11.5 Å². The molecule has 0 aliphatic carbocycles. The summed E-state index contributed by atoms with van der Waals surface area (Å²) in [6, 6.07) is 4.64. The zero-order valence-corrected chi connectivity index (χ0v) is 15.8. The Morgan fingerprint density at radius 2 is 1.93 bits per heavy atom. The highest BCUT2D eigenvalue weighted by Gasteiger charge is 2.35. The van der Waals surface area contributed by atoms with Gasteiger partial charge < -0.3 is 20.1 Å². The number of anilines is 1. The first-order valence-electron chi connectivity index (χ1n) is 9.56. The molecule has 0 saturated carbocycles. The summed E-state index contributed by atoms with van der Waals surface area (Å²) in [4.78, 5) is 40.1. The maximum absolute atomic E-state index is 12.6. The van der Waals surface area contributed by atoms with Gasteiger partial charge in [-0.25, -0.2) is 4.79 Å². The second-order valence-electron chi connectivity index (χ2n) is 7.27. The lowest BCUT2D eigenvalue weighted by molar-refractivity contribution is -0.133. The van der Waals surface area contributed by atoms with Crippen molar-refractivity contribution in [1.29, 1.82) is 0 Å². The third-order valence-corrected chi connectivity index (χ3v) is 5.57. The van der Waals surface area contributed by atoms with Crippen molar-refractivity contribution in [2.75, 3.05) is 38.3 Å². The average Bonchev–Trinajstić information content (AvgIpc) is 3.35. The molecule has 3 aliphatic heterocycles. The van der Waals surface area contributed by atoms with Gasteiger partial charge in [-0.15, -0.1) is 0 Å². The number of carbonyl (C=O) groups is 3. The molecule has 0 radical (unpaired) electrons. The summed E-state index contributed by atoms with van der Waals surface area (Å²) < 4.78 is 10.6. The molecule has 1 atom stereocenters. The van der Waals surface area contributed by atoms with E-state index in [1.54, 1.807) is 18.2 Å². The van der Waals surface area contributed by atoms with Gasteiger partial charge in [-0.2, -0.15) is 0 Å². The molecule has 1 aromatic rings. The Hall–Kier alpha value is -2.81. The van der Waals surface area contributed by atoms with Crippen LogP contribution in [0.3, 0.4) is 0 Å². The monoisotopic (exact) mass is 388 g/mol. The topological polar surface area (TPSA) is 100 Å². The highest BCUT2D eigenvalue weighted by molar-refractivity contribution is 5.98. The van der Waals surface area contributed by atoms with Crippen LogP contribution in [0, 0.1) is 5.92 Å². The van der Waals surface area contributed by atoms with Crippen LogP contribution in [0.1, 0.15) is 19.8 Å². The number of piperidine rings is 1. The van der Waals surface area contributed by atoms with Crippen LogP contribution >= 0.6 is 0 Å². The van der Waals surface area contributed by atoms with Crippen LogP contribution in [0.4, 0.5) is 10.5 Å². The predicted molar refractivity (Wildman–Crippen MR) is 100 cm³/mol. The number of nitrogens with zero attached hydrogens (tertiary/aromatic N) is 2. The lowest BCUT2D eigenvalue weighted by atomic mass is 9.94. The van der Waals surface area contributed by atoms with E-state index in [1.807, 2.05) is 11.8 Å². The third kappa shape index (κ3) is 3.62. The largest absolute Gasteiger partial charge is 0.454 e. The second kappa shape index (κ2) is 7.67. The van der Waals surface area contributed by atoms with E-state index < -0.39 is 0 Å². The van der Waals surface area contributed by atoms with Gasteiger partial charge in [-0.1, -0.05) is 0 Å². The van der Waals surface area contributed by atoms with Crippen molar-refractivity contribution in [3.8, 4) is 11.5 Å². The van der Waals surface area contributed by atoms with Crippen molar-refractivity contribution in [2.45, 2.75) is 25.8 Å². The molecule has 2 fully saturated rings. The lowest BCUT2D eigenvalue weighted by Crippen LogP contribution is -2.51. The zero-order chi connectivity index (χ0) is 19.7. The standard InChI is InChI=1S/C19H24N4O5/c1-12(18(25)23-9-6-20-19(23)26)22-7-4-13(5-8-22)17(24)21-14-2-3-15-16(10-14)28-11-27-15/h2-3,10,12-13H,4-9,11H2,1H3,(H,20,26)(H,21,24)/t12-/m1/s1. The van der Waals surface area contributed by atoms with E-state index in [9.17, 15) is 14.4 Å². The molecule has 3 aliphatic rings. The number of likely N-dealkylation sites (tertiary alicyclic amines) is 1. The molecule has 1 aromatic carbocycles. The maximum atomic E-state index is 12.6. The van der Waals surface area contributed by atoms with E-state index in [1.165, 1.54) is 4.90 Å². The van der Waals surface area contributed by atoms with Gasteiger partial charge in [0.15, 0.2) is 11.5 Å². The number of carbonyl (C=O) groups excluding carboxylic acids is 3. The molecular weight excluding hydrogens is 364 g/mol. The molecule has 0 aromatic heterocycles. The van der Waals surface area contributed by atoms with Crippen LogP contribution in [-0.2, 0) is 9.59 Å². The quantitative estimate of drug-likeness (QED) is 0.798. The summed E-state index contributed by atoms with van der Waals surface area (Å²) in [6.45, 7) is 4.21. The normalized spacial score (nSPS) is 20.8. The van der Waals surface area contributed by atoms with Crippen molar-refractivity contribution >= 4 is 23.5 Å². The van der Waals surface area contributed by atoms with Crippen LogP contribution in [0.2, 0.25) is 0 Å².